The zero-order chi connectivity index (χ0) is 15.2. The normalized spacial score (nSPS) is 10.3. The van der Waals surface area contributed by atoms with Crippen LogP contribution in [0.25, 0.3) is 0 Å². The highest BCUT2D eigenvalue weighted by molar-refractivity contribution is 5.90. The summed E-state index contributed by atoms with van der Waals surface area (Å²) in [7, 11) is 0. The largest absolute Gasteiger partial charge is 0.337 e. The van der Waals surface area contributed by atoms with E-state index >= 15 is 0 Å². The molecule has 110 valence electrons. The molecule has 0 spiro atoms. The third-order valence-corrected chi connectivity index (χ3v) is 2.96. The summed E-state index contributed by atoms with van der Waals surface area (Å²) in [5.74, 6) is 0.265. The van der Waals surface area contributed by atoms with Gasteiger partial charge in [0.1, 0.15) is 12.0 Å². The van der Waals surface area contributed by atoms with Crippen molar-refractivity contribution in [3.8, 4) is 0 Å². The molecule has 0 N–H and O–H groups in total. The number of hydrogen-bond acceptors (Lipinski definition) is 5. The molecule has 0 saturated heterocycles. The first-order chi connectivity index (χ1) is 10.1. The van der Waals surface area contributed by atoms with E-state index in [1.165, 1.54) is 24.0 Å². The minimum absolute atomic E-state index is 0.0966. The maximum Gasteiger partial charge on any atom is 0.287 e. The molecular weight excluding hydrogens is 274 g/mol. The summed E-state index contributed by atoms with van der Waals surface area (Å²) in [5.41, 5.74) is -0.0966. The van der Waals surface area contributed by atoms with Crippen molar-refractivity contribution in [2.45, 2.75) is 19.9 Å². The van der Waals surface area contributed by atoms with Crippen LogP contribution in [0.5, 0.6) is 0 Å². The molecule has 0 aliphatic carbocycles. The molecule has 0 radical (unpaired) electrons. The fourth-order valence-corrected chi connectivity index (χ4v) is 1.91. The van der Waals surface area contributed by atoms with Gasteiger partial charge in [-0.3, -0.25) is 19.8 Å². The molecule has 0 unspecified atom stereocenters. The Morgan fingerprint density at radius 2 is 2.29 bits per heavy atom. The van der Waals surface area contributed by atoms with Crippen LogP contribution in [0, 0.1) is 10.1 Å². The van der Waals surface area contributed by atoms with Gasteiger partial charge < -0.3 is 4.57 Å². The van der Waals surface area contributed by atoms with Gasteiger partial charge in [0, 0.05) is 38.5 Å². The number of amides is 1. The average Bonchev–Trinajstić information content (AvgIpc) is 2.96. The Morgan fingerprint density at radius 1 is 1.48 bits per heavy atom. The van der Waals surface area contributed by atoms with Gasteiger partial charge in [-0.05, 0) is 12.5 Å². The van der Waals surface area contributed by atoms with Gasteiger partial charge in [0.25, 0.3) is 5.69 Å². The lowest BCUT2D eigenvalue weighted by Gasteiger charge is -2.19. The highest BCUT2D eigenvalue weighted by Gasteiger charge is 2.14. The van der Waals surface area contributed by atoms with E-state index in [1.807, 2.05) is 10.8 Å². The Balaban J connectivity index is 2.01. The molecular formula is C13H15N5O3. The number of rotatable bonds is 6. The smallest absolute Gasteiger partial charge is 0.287 e. The summed E-state index contributed by atoms with van der Waals surface area (Å²) in [6.45, 7) is 2.66. The summed E-state index contributed by atoms with van der Waals surface area (Å²) in [6, 6.07) is 2.82. The maximum absolute atomic E-state index is 11.7. The number of anilines is 1. The molecule has 0 bridgehead atoms. The van der Waals surface area contributed by atoms with Crippen LogP contribution in [-0.2, 0) is 11.3 Å². The van der Waals surface area contributed by atoms with Gasteiger partial charge in [-0.1, -0.05) is 0 Å². The number of hydrogen-bond donors (Lipinski definition) is 0. The quantitative estimate of drug-likeness (QED) is 0.595. The minimum Gasteiger partial charge on any atom is -0.337 e. The molecule has 2 aromatic heterocycles. The van der Waals surface area contributed by atoms with E-state index in [0.29, 0.717) is 12.4 Å². The van der Waals surface area contributed by atoms with Crippen molar-refractivity contribution in [2.24, 2.45) is 0 Å². The summed E-state index contributed by atoms with van der Waals surface area (Å²) >= 11 is 0. The average molecular weight is 289 g/mol. The zero-order valence-corrected chi connectivity index (χ0v) is 11.5. The number of nitro groups is 1. The molecule has 2 heterocycles. The first-order valence-electron chi connectivity index (χ1n) is 6.42. The molecule has 0 aliphatic rings. The molecule has 1 amide bonds. The molecule has 0 aliphatic heterocycles. The third-order valence-electron chi connectivity index (χ3n) is 2.96. The van der Waals surface area contributed by atoms with Crippen LogP contribution in [0.1, 0.15) is 13.3 Å². The third kappa shape index (κ3) is 3.85. The van der Waals surface area contributed by atoms with E-state index in [0.717, 1.165) is 19.2 Å². The highest BCUT2D eigenvalue weighted by atomic mass is 16.6. The van der Waals surface area contributed by atoms with Crippen molar-refractivity contribution >= 4 is 17.4 Å². The molecule has 2 aromatic rings. The Bertz CT molecular complexity index is 609. The Morgan fingerprint density at radius 3 is 2.81 bits per heavy atom. The van der Waals surface area contributed by atoms with Crippen LogP contribution in [0.4, 0.5) is 11.5 Å². The summed E-state index contributed by atoms with van der Waals surface area (Å²) in [6.07, 6.45) is 7.14. The molecule has 21 heavy (non-hydrogen) atoms. The number of nitrogens with zero attached hydrogens (tertiary/aromatic N) is 5. The van der Waals surface area contributed by atoms with Gasteiger partial charge in [0.2, 0.25) is 5.91 Å². The number of pyridine rings is 1. The summed E-state index contributed by atoms with van der Waals surface area (Å²) in [4.78, 5) is 31.2. The van der Waals surface area contributed by atoms with E-state index in [9.17, 15) is 14.9 Å². The number of aryl methyl sites for hydroxylation is 1. The predicted octanol–water partition coefficient (Wildman–Crippen LogP) is 1.63. The fraction of sp³-hybridized carbons (Fsp3) is 0.308. The lowest BCUT2D eigenvalue weighted by molar-refractivity contribution is -0.385. The summed E-state index contributed by atoms with van der Waals surface area (Å²) < 4.78 is 1.92. The van der Waals surface area contributed by atoms with Crippen molar-refractivity contribution < 1.29 is 9.72 Å². The highest BCUT2D eigenvalue weighted by Crippen LogP contribution is 2.16. The lowest BCUT2D eigenvalue weighted by Crippen LogP contribution is -2.30. The van der Waals surface area contributed by atoms with Gasteiger partial charge in [-0.2, -0.15) is 0 Å². The van der Waals surface area contributed by atoms with E-state index in [1.54, 1.807) is 12.5 Å². The topological polar surface area (TPSA) is 94.2 Å². The second-order valence-corrected chi connectivity index (χ2v) is 4.46. The number of carbonyl (C=O) groups is 1. The van der Waals surface area contributed by atoms with Gasteiger partial charge in [0.15, 0.2) is 0 Å². The Labute approximate surface area is 121 Å². The van der Waals surface area contributed by atoms with Crippen LogP contribution < -0.4 is 4.90 Å². The molecule has 0 atom stereocenters. The lowest BCUT2D eigenvalue weighted by atomic mass is 10.3. The number of carbonyl (C=O) groups excluding carboxylic acids is 1. The van der Waals surface area contributed by atoms with Gasteiger partial charge in [-0.25, -0.2) is 9.97 Å². The zero-order valence-electron chi connectivity index (χ0n) is 11.5. The van der Waals surface area contributed by atoms with Crippen LogP contribution >= 0.6 is 0 Å². The molecule has 8 heteroatoms. The monoisotopic (exact) mass is 289 g/mol. The number of imidazole rings is 1. The van der Waals surface area contributed by atoms with Crippen LogP contribution in [0.2, 0.25) is 0 Å². The van der Waals surface area contributed by atoms with E-state index < -0.39 is 4.92 Å². The Hall–Kier alpha value is -2.77. The SMILES string of the molecule is CC(=O)N(CCCn1ccnc1)c1ccc([N+](=O)[O-])cn1. The van der Waals surface area contributed by atoms with Gasteiger partial charge in [-0.15, -0.1) is 0 Å². The van der Waals surface area contributed by atoms with E-state index in [2.05, 4.69) is 9.97 Å². The molecule has 0 aromatic carbocycles. The van der Waals surface area contributed by atoms with E-state index in [-0.39, 0.29) is 11.6 Å². The standard InChI is InChI=1S/C13H15N5O3/c1-11(19)17(7-2-6-16-8-5-14-10-16)13-4-3-12(9-15-13)18(20)21/h3-5,8-10H,2,6-7H2,1H3. The van der Waals surface area contributed by atoms with Crippen LogP contribution in [0.15, 0.2) is 37.1 Å². The summed E-state index contributed by atoms with van der Waals surface area (Å²) in [5, 5.41) is 10.6. The van der Waals surface area contributed by atoms with Crippen molar-refractivity contribution in [1.82, 2.24) is 14.5 Å². The number of aromatic nitrogens is 3. The maximum atomic E-state index is 11.7. The first-order valence-corrected chi connectivity index (χ1v) is 6.42. The molecule has 0 saturated carbocycles. The fourth-order valence-electron chi connectivity index (χ4n) is 1.91. The van der Waals surface area contributed by atoms with Crippen molar-refractivity contribution in [3.05, 3.63) is 47.2 Å². The first kappa shape index (κ1) is 14.6. The molecule has 0 fully saturated rings. The second kappa shape index (κ2) is 6.60. The van der Waals surface area contributed by atoms with Crippen LogP contribution in [0.3, 0.4) is 0 Å². The van der Waals surface area contributed by atoms with Crippen molar-refractivity contribution in [2.75, 3.05) is 11.4 Å². The van der Waals surface area contributed by atoms with Crippen molar-refractivity contribution in [3.63, 3.8) is 0 Å². The van der Waals surface area contributed by atoms with Gasteiger partial charge in [0.05, 0.1) is 11.3 Å². The van der Waals surface area contributed by atoms with Crippen LogP contribution in [-0.4, -0.2) is 31.9 Å². The Kier molecular flexibility index (Phi) is 4.60. The minimum atomic E-state index is -0.520. The second-order valence-electron chi connectivity index (χ2n) is 4.46. The molecule has 2 rings (SSSR count). The van der Waals surface area contributed by atoms with E-state index in [4.69, 9.17) is 0 Å². The molecule has 8 nitrogen and oxygen atoms in total. The predicted molar refractivity (Wildman–Crippen MR) is 75.8 cm³/mol. The van der Waals surface area contributed by atoms with Gasteiger partial charge >= 0.3 is 0 Å². The van der Waals surface area contributed by atoms with Crippen molar-refractivity contribution in [1.29, 1.82) is 0 Å².